The number of oxazole rings is 1. The summed E-state index contributed by atoms with van der Waals surface area (Å²) in [5.41, 5.74) is 0.0123. The van der Waals surface area contributed by atoms with Gasteiger partial charge in [0.25, 0.3) is 0 Å². The van der Waals surface area contributed by atoms with Crippen LogP contribution in [0.15, 0.2) is 23.0 Å². The molecular formula is C19H31N5O. The van der Waals surface area contributed by atoms with Gasteiger partial charge in [0.2, 0.25) is 5.89 Å². The molecule has 138 valence electrons. The normalized spacial score (nSPS) is 20.3. The molecule has 3 heterocycles. The van der Waals surface area contributed by atoms with Crippen LogP contribution in [0.25, 0.3) is 0 Å². The summed E-state index contributed by atoms with van der Waals surface area (Å²) in [5.74, 6) is 2.94. The fourth-order valence-electron chi connectivity index (χ4n) is 3.33. The van der Waals surface area contributed by atoms with Crippen molar-refractivity contribution in [1.82, 2.24) is 24.3 Å². The van der Waals surface area contributed by atoms with Crippen LogP contribution in [0.5, 0.6) is 0 Å². The lowest BCUT2D eigenvalue weighted by Gasteiger charge is -2.39. The lowest BCUT2D eigenvalue weighted by Crippen LogP contribution is -2.51. The molecule has 1 atom stereocenters. The number of nitrogens with zero attached hydrogens (tertiary/aromatic N) is 5. The topological polar surface area (TPSA) is 50.3 Å². The zero-order valence-electron chi connectivity index (χ0n) is 16.2. The third-order valence-corrected chi connectivity index (χ3v) is 4.99. The Balaban J connectivity index is 1.55. The second-order valence-electron chi connectivity index (χ2n) is 8.05. The van der Waals surface area contributed by atoms with Crippen molar-refractivity contribution in [2.45, 2.75) is 65.7 Å². The molecule has 2 aromatic rings. The van der Waals surface area contributed by atoms with E-state index in [2.05, 4.69) is 65.2 Å². The van der Waals surface area contributed by atoms with E-state index >= 15 is 0 Å². The van der Waals surface area contributed by atoms with Crippen molar-refractivity contribution >= 4 is 0 Å². The quantitative estimate of drug-likeness (QED) is 0.834. The number of hydrogen-bond donors (Lipinski definition) is 0. The van der Waals surface area contributed by atoms with Crippen molar-refractivity contribution in [3.8, 4) is 0 Å². The largest absolute Gasteiger partial charge is 0.444 e. The Morgan fingerprint density at radius 1 is 1.20 bits per heavy atom. The van der Waals surface area contributed by atoms with Gasteiger partial charge in [-0.05, 0) is 13.8 Å². The molecule has 0 aliphatic carbocycles. The van der Waals surface area contributed by atoms with Gasteiger partial charge in [0, 0.05) is 50.0 Å². The maximum atomic E-state index is 5.95. The highest BCUT2D eigenvalue weighted by Gasteiger charge is 2.26. The van der Waals surface area contributed by atoms with Crippen molar-refractivity contribution in [2.24, 2.45) is 0 Å². The molecule has 1 saturated heterocycles. The van der Waals surface area contributed by atoms with E-state index in [1.165, 1.54) is 0 Å². The minimum Gasteiger partial charge on any atom is -0.444 e. The summed E-state index contributed by atoms with van der Waals surface area (Å²) in [7, 11) is 0. The fourth-order valence-corrected chi connectivity index (χ4v) is 3.33. The number of aryl methyl sites for hydroxylation is 1. The van der Waals surface area contributed by atoms with E-state index in [-0.39, 0.29) is 5.41 Å². The molecule has 0 amide bonds. The Bertz CT molecular complexity index is 684. The van der Waals surface area contributed by atoms with Crippen molar-refractivity contribution < 1.29 is 4.42 Å². The molecule has 0 N–H and O–H groups in total. The Labute approximate surface area is 150 Å². The van der Waals surface area contributed by atoms with E-state index in [1.807, 2.05) is 12.4 Å². The second-order valence-corrected chi connectivity index (χ2v) is 8.05. The van der Waals surface area contributed by atoms with E-state index in [1.54, 1.807) is 0 Å². The van der Waals surface area contributed by atoms with Crippen LogP contribution < -0.4 is 0 Å². The van der Waals surface area contributed by atoms with Gasteiger partial charge in [0.1, 0.15) is 11.6 Å². The van der Waals surface area contributed by atoms with Crippen LogP contribution in [-0.4, -0.2) is 50.0 Å². The molecule has 1 aliphatic rings. The first kappa shape index (κ1) is 18.1. The highest BCUT2D eigenvalue weighted by Crippen LogP contribution is 2.23. The molecule has 25 heavy (non-hydrogen) atoms. The molecule has 6 heteroatoms. The molecule has 3 rings (SSSR count). The molecule has 0 spiro atoms. The Kier molecular flexibility index (Phi) is 5.29. The molecule has 1 aliphatic heterocycles. The van der Waals surface area contributed by atoms with Crippen LogP contribution in [0.4, 0.5) is 0 Å². The third kappa shape index (κ3) is 4.30. The van der Waals surface area contributed by atoms with Gasteiger partial charge in [0.05, 0.1) is 19.3 Å². The van der Waals surface area contributed by atoms with Gasteiger partial charge in [-0.15, -0.1) is 0 Å². The van der Waals surface area contributed by atoms with Gasteiger partial charge < -0.3 is 8.98 Å². The molecule has 0 unspecified atom stereocenters. The SMILES string of the molecule is CCn1ccnc1CN1CCN(Cc2ncc(C(C)(C)C)o2)C[C@H]1C. The van der Waals surface area contributed by atoms with Gasteiger partial charge >= 0.3 is 0 Å². The summed E-state index contributed by atoms with van der Waals surface area (Å²) in [5, 5.41) is 0. The molecule has 0 bridgehead atoms. The van der Waals surface area contributed by atoms with Gasteiger partial charge in [-0.3, -0.25) is 9.80 Å². The first-order valence-electron chi connectivity index (χ1n) is 9.28. The Morgan fingerprint density at radius 2 is 2.00 bits per heavy atom. The minimum absolute atomic E-state index is 0.0123. The summed E-state index contributed by atoms with van der Waals surface area (Å²) in [6.07, 6.45) is 5.83. The van der Waals surface area contributed by atoms with Crippen LogP contribution in [0.3, 0.4) is 0 Å². The highest BCUT2D eigenvalue weighted by atomic mass is 16.4. The van der Waals surface area contributed by atoms with Crippen LogP contribution in [0, 0.1) is 0 Å². The summed E-state index contributed by atoms with van der Waals surface area (Å²) < 4.78 is 8.17. The lowest BCUT2D eigenvalue weighted by atomic mass is 9.94. The summed E-state index contributed by atoms with van der Waals surface area (Å²) in [6.45, 7) is 16.7. The third-order valence-electron chi connectivity index (χ3n) is 4.99. The van der Waals surface area contributed by atoms with Crippen molar-refractivity contribution in [1.29, 1.82) is 0 Å². The van der Waals surface area contributed by atoms with E-state index in [0.29, 0.717) is 6.04 Å². The molecule has 2 aromatic heterocycles. The summed E-state index contributed by atoms with van der Waals surface area (Å²) >= 11 is 0. The second kappa shape index (κ2) is 7.30. The molecule has 6 nitrogen and oxygen atoms in total. The number of piperazine rings is 1. The summed E-state index contributed by atoms with van der Waals surface area (Å²) in [4.78, 5) is 13.9. The van der Waals surface area contributed by atoms with E-state index in [9.17, 15) is 0 Å². The molecular weight excluding hydrogens is 314 g/mol. The monoisotopic (exact) mass is 345 g/mol. The van der Waals surface area contributed by atoms with E-state index < -0.39 is 0 Å². The first-order chi connectivity index (χ1) is 11.9. The van der Waals surface area contributed by atoms with Crippen LogP contribution >= 0.6 is 0 Å². The maximum absolute atomic E-state index is 5.95. The van der Waals surface area contributed by atoms with E-state index in [4.69, 9.17) is 4.42 Å². The standard InChI is InChI=1S/C19H31N5O/c1-6-23-8-7-20-17(23)13-24-10-9-22(12-15(24)2)14-18-21-11-16(25-18)19(3,4)5/h7-8,11,15H,6,9-10,12-14H2,1-5H3/t15-/m1/s1. The molecule has 1 fully saturated rings. The molecule has 0 aromatic carbocycles. The molecule has 0 saturated carbocycles. The smallest absolute Gasteiger partial charge is 0.208 e. The average Bonchev–Trinajstić information content (AvgIpc) is 3.18. The maximum Gasteiger partial charge on any atom is 0.208 e. The highest BCUT2D eigenvalue weighted by molar-refractivity contribution is 5.06. The van der Waals surface area contributed by atoms with Crippen molar-refractivity contribution in [3.05, 3.63) is 36.1 Å². The number of aromatic nitrogens is 3. The minimum atomic E-state index is 0.0123. The lowest BCUT2D eigenvalue weighted by molar-refractivity contribution is 0.0651. The molecule has 0 radical (unpaired) electrons. The first-order valence-corrected chi connectivity index (χ1v) is 9.28. The number of rotatable bonds is 5. The summed E-state index contributed by atoms with van der Waals surface area (Å²) in [6, 6.07) is 0.493. The zero-order chi connectivity index (χ0) is 18.0. The number of hydrogen-bond acceptors (Lipinski definition) is 5. The predicted octanol–water partition coefficient (Wildman–Crippen LogP) is 2.89. The van der Waals surface area contributed by atoms with Crippen LogP contribution in [0.1, 0.15) is 52.1 Å². The fraction of sp³-hybridized carbons (Fsp3) is 0.684. The Morgan fingerprint density at radius 3 is 2.64 bits per heavy atom. The zero-order valence-corrected chi connectivity index (χ0v) is 16.2. The van der Waals surface area contributed by atoms with Crippen LogP contribution in [-0.2, 0) is 25.0 Å². The van der Waals surface area contributed by atoms with Gasteiger partial charge in [0.15, 0.2) is 0 Å². The number of imidazole rings is 1. The predicted molar refractivity (Wildman–Crippen MR) is 98.3 cm³/mol. The van der Waals surface area contributed by atoms with Gasteiger partial charge in [-0.1, -0.05) is 20.8 Å². The Hall–Kier alpha value is -1.66. The van der Waals surface area contributed by atoms with Crippen LogP contribution in [0.2, 0.25) is 0 Å². The van der Waals surface area contributed by atoms with E-state index in [0.717, 1.165) is 56.7 Å². The van der Waals surface area contributed by atoms with Crippen molar-refractivity contribution in [3.63, 3.8) is 0 Å². The van der Waals surface area contributed by atoms with Crippen molar-refractivity contribution in [2.75, 3.05) is 19.6 Å². The average molecular weight is 345 g/mol. The van der Waals surface area contributed by atoms with Gasteiger partial charge in [-0.25, -0.2) is 9.97 Å². The van der Waals surface area contributed by atoms with Gasteiger partial charge in [-0.2, -0.15) is 0 Å².